The largest absolute Gasteiger partial charge is 0.356 e. The molecule has 3 saturated heterocycles. The van der Waals surface area contributed by atoms with Crippen LogP contribution in [0.4, 0.5) is 17.6 Å². The van der Waals surface area contributed by atoms with Crippen molar-refractivity contribution in [1.29, 1.82) is 0 Å². The van der Waals surface area contributed by atoms with Crippen LogP contribution >= 0.6 is 0 Å². The van der Waals surface area contributed by atoms with Gasteiger partial charge in [0.2, 0.25) is 5.95 Å². The van der Waals surface area contributed by atoms with Gasteiger partial charge in [0.15, 0.2) is 11.6 Å². The van der Waals surface area contributed by atoms with E-state index in [-0.39, 0.29) is 22.5 Å². The number of rotatable bonds is 6. The minimum absolute atomic E-state index is 0.0111. The number of nitrogens with zero attached hydrogens (tertiary/aromatic N) is 6. The molecule has 0 aromatic carbocycles. The average molecular weight is 721 g/mol. The first-order valence-corrected chi connectivity index (χ1v) is 21.0. The summed E-state index contributed by atoms with van der Waals surface area (Å²) in [6.45, 7) is 15.4. The molecule has 8 rings (SSSR count). The number of hydrogen-bond donors (Lipinski definition) is 1. The van der Waals surface area contributed by atoms with Gasteiger partial charge in [-0.1, -0.05) is 37.1 Å². The molecule has 0 radical (unpaired) electrons. The summed E-state index contributed by atoms with van der Waals surface area (Å²) < 4.78 is 25.9. The average Bonchev–Trinajstić information content (AvgIpc) is 3.86. The first kappa shape index (κ1) is 36.3. The molecule has 1 N–H and O–H groups in total. The van der Waals surface area contributed by atoms with Crippen molar-refractivity contribution in [2.24, 2.45) is 34.5 Å². The molecule has 2 saturated carbocycles. The fourth-order valence-electron chi connectivity index (χ4n) is 10.8. The molecule has 6 atom stereocenters. The van der Waals surface area contributed by atoms with Crippen LogP contribution in [0.15, 0.2) is 41.5 Å². The second-order valence-electron chi connectivity index (χ2n) is 16.7. The third kappa shape index (κ3) is 7.29. The molecule has 0 spiro atoms. The predicted octanol–water partition coefficient (Wildman–Crippen LogP) is 4.96. The molecule has 278 valence electrons. The fraction of sp³-hybridized carbons (Fsp3) is 0.692. The van der Waals surface area contributed by atoms with Crippen LogP contribution in [0.3, 0.4) is 0 Å². The van der Waals surface area contributed by atoms with Crippen LogP contribution in [-0.2, 0) is 19.7 Å². The number of aromatic nitrogens is 2. The van der Waals surface area contributed by atoms with E-state index in [1.165, 1.54) is 36.8 Å². The maximum atomic E-state index is 14.2. The summed E-state index contributed by atoms with van der Waals surface area (Å²) in [5.41, 5.74) is 2.68. The Hall–Kier alpha value is -3.09. The van der Waals surface area contributed by atoms with Crippen LogP contribution in [-0.4, -0.2) is 105 Å². The molecule has 12 heteroatoms. The van der Waals surface area contributed by atoms with Gasteiger partial charge in [-0.25, -0.2) is 0 Å². The molecule has 4 unspecified atom stereocenters. The summed E-state index contributed by atoms with van der Waals surface area (Å²) in [5, 5.41) is 0. The highest BCUT2D eigenvalue weighted by molar-refractivity contribution is 7.85. The van der Waals surface area contributed by atoms with Crippen molar-refractivity contribution in [2.75, 3.05) is 79.9 Å². The maximum absolute atomic E-state index is 14.2. The molecule has 3 aliphatic heterocycles. The Balaban J connectivity index is 0.000000761. The SMILES string of the molecule is CC1CC2C3CCC4=CC(=O)C=C[C@]4(C)C3=CC[C@]2(C)C1C(=O)CN1CCN(c2cc(N3CCCC3)nc(N3CCCC3)n2)CC1.CS(=O)(=O)O. The molecule has 51 heavy (non-hydrogen) atoms. The molecule has 0 amide bonds. The summed E-state index contributed by atoms with van der Waals surface area (Å²) in [4.78, 5) is 46.1. The normalized spacial score (nSPS) is 33.6. The van der Waals surface area contributed by atoms with E-state index in [0.717, 1.165) is 95.6 Å². The summed E-state index contributed by atoms with van der Waals surface area (Å²) in [6, 6.07) is 2.21. The Morgan fingerprint density at radius 3 is 2.16 bits per heavy atom. The predicted molar refractivity (Wildman–Crippen MR) is 201 cm³/mol. The van der Waals surface area contributed by atoms with Crippen molar-refractivity contribution in [1.82, 2.24) is 14.9 Å². The standard InChI is InChI=1S/C38H52N6O2.CH4O3S/c1-26-22-31-29-9-8-27-23-28(45)10-12-37(27,2)30(29)11-13-38(31,3)35(26)32(46)25-41-18-20-43(21-19-41)34-24-33(42-14-4-5-15-42)39-36(40-34)44-16-6-7-17-44;1-5(2,3)4/h10-12,23-24,26,29,31,35H,4-9,13-22,25H2,1-3H3;1H3,(H,2,3,4)/t26?,29?,31?,35?,37-,38-;/m0./s1. The molecule has 1 aromatic rings. The van der Waals surface area contributed by atoms with Crippen LogP contribution < -0.4 is 14.7 Å². The molecule has 0 bridgehead atoms. The quantitative estimate of drug-likeness (QED) is 0.317. The molecule has 4 aliphatic carbocycles. The lowest BCUT2D eigenvalue weighted by atomic mass is 9.52. The van der Waals surface area contributed by atoms with Crippen molar-refractivity contribution in [2.45, 2.75) is 72.1 Å². The second-order valence-corrected chi connectivity index (χ2v) is 18.1. The van der Waals surface area contributed by atoms with E-state index in [1.54, 1.807) is 6.08 Å². The highest BCUT2D eigenvalue weighted by atomic mass is 32.2. The van der Waals surface area contributed by atoms with Gasteiger partial charge in [0.05, 0.1) is 12.8 Å². The number of allylic oxidation sites excluding steroid dienone is 6. The number of carbonyl (C=O) groups excluding carboxylic acids is 2. The van der Waals surface area contributed by atoms with Crippen LogP contribution in [0, 0.1) is 34.5 Å². The maximum Gasteiger partial charge on any atom is 0.261 e. The van der Waals surface area contributed by atoms with Gasteiger partial charge in [-0.3, -0.25) is 19.0 Å². The molecule has 5 fully saturated rings. The first-order chi connectivity index (χ1) is 24.2. The van der Waals surface area contributed by atoms with E-state index in [1.807, 2.05) is 6.08 Å². The Morgan fingerprint density at radius 1 is 0.941 bits per heavy atom. The number of ketones is 2. The zero-order valence-corrected chi connectivity index (χ0v) is 31.7. The van der Waals surface area contributed by atoms with Crippen molar-refractivity contribution in [3.63, 3.8) is 0 Å². The minimum atomic E-state index is -3.67. The molecule has 7 aliphatic rings. The number of anilines is 3. The zero-order chi connectivity index (χ0) is 36.1. The third-order valence-corrected chi connectivity index (χ3v) is 13.2. The van der Waals surface area contributed by atoms with E-state index in [9.17, 15) is 18.0 Å². The monoisotopic (exact) mass is 720 g/mol. The van der Waals surface area contributed by atoms with Crippen LogP contribution in [0.2, 0.25) is 0 Å². The summed E-state index contributed by atoms with van der Waals surface area (Å²) >= 11 is 0. The second kappa shape index (κ2) is 14.0. The van der Waals surface area contributed by atoms with Crippen molar-refractivity contribution in [3.8, 4) is 0 Å². The van der Waals surface area contributed by atoms with E-state index in [4.69, 9.17) is 14.5 Å². The van der Waals surface area contributed by atoms with Crippen LogP contribution in [0.25, 0.3) is 0 Å². The summed E-state index contributed by atoms with van der Waals surface area (Å²) in [7, 11) is -3.67. The van der Waals surface area contributed by atoms with Gasteiger partial charge in [-0.05, 0) is 93.6 Å². The summed E-state index contributed by atoms with van der Waals surface area (Å²) in [6.07, 6.45) is 18.1. The third-order valence-electron chi connectivity index (χ3n) is 13.2. The summed E-state index contributed by atoms with van der Waals surface area (Å²) in [5.74, 6) is 5.14. The van der Waals surface area contributed by atoms with E-state index in [0.29, 0.717) is 36.3 Å². The van der Waals surface area contributed by atoms with Gasteiger partial charge in [0.1, 0.15) is 11.6 Å². The lowest BCUT2D eigenvalue weighted by Crippen LogP contribution is -2.51. The highest BCUT2D eigenvalue weighted by Gasteiger charge is 2.59. The Kier molecular flexibility index (Phi) is 9.99. The Labute approximate surface area is 304 Å². The van der Waals surface area contributed by atoms with Gasteiger partial charge in [-0.15, -0.1) is 0 Å². The lowest BCUT2D eigenvalue weighted by molar-refractivity contribution is -0.129. The first-order valence-electron chi connectivity index (χ1n) is 19.2. The lowest BCUT2D eigenvalue weighted by Gasteiger charge is -2.52. The molecular weight excluding hydrogens is 665 g/mol. The number of Topliss-reactive ketones (excluding diaryl/α,β-unsaturated/α-hetero) is 1. The number of piperazine rings is 1. The fourth-order valence-corrected chi connectivity index (χ4v) is 10.8. The van der Waals surface area contributed by atoms with E-state index in [2.05, 4.69) is 58.6 Å². The topological polar surface area (TPSA) is 127 Å². The minimum Gasteiger partial charge on any atom is -0.356 e. The van der Waals surface area contributed by atoms with Crippen molar-refractivity contribution in [3.05, 3.63) is 41.5 Å². The van der Waals surface area contributed by atoms with Crippen molar-refractivity contribution < 1.29 is 22.6 Å². The molecule has 4 heterocycles. The van der Waals surface area contributed by atoms with Crippen LogP contribution in [0.1, 0.15) is 72.1 Å². The zero-order valence-electron chi connectivity index (χ0n) is 30.9. The van der Waals surface area contributed by atoms with Gasteiger partial charge in [0.25, 0.3) is 10.1 Å². The van der Waals surface area contributed by atoms with Crippen molar-refractivity contribution >= 4 is 39.3 Å². The van der Waals surface area contributed by atoms with Crippen LogP contribution in [0.5, 0.6) is 0 Å². The van der Waals surface area contributed by atoms with Gasteiger partial charge < -0.3 is 14.7 Å². The molecular formula is C39H56N6O5S. The van der Waals surface area contributed by atoms with Gasteiger partial charge >= 0.3 is 0 Å². The number of carbonyl (C=O) groups is 2. The Morgan fingerprint density at radius 2 is 1.53 bits per heavy atom. The Bertz CT molecular complexity index is 1680. The molecule has 11 nitrogen and oxygen atoms in total. The van der Waals surface area contributed by atoms with Gasteiger partial charge in [0, 0.05) is 69.8 Å². The number of hydrogen-bond acceptors (Lipinski definition) is 10. The molecule has 1 aromatic heterocycles. The van der Waals surface area contributed by atoms with E-state index < -0.39 is 10.1 Å². The highest BCUT2D eigenvalue weighted by Crippen LogP contribution is 2.65. The van der Waals surface area contributed by atoms with Gasteiger partial charge in [-0.2, -0.15) is 18.4 Å². The number of fused-ring (bicyclic) bond motifs is 5. The smallest absolute Gasteiger partial charge is 0.261 e. The van der Waals surface area contributed by atoms with E-state index >= 15 is 0 Å².